The molecule has 0 aromatic carbocycles. The molecular weight excluding hydrogens is 200 g/mol. The van der Waals surface area contributed by atoms with Gasteiger partial charge in [-0.1, -0.05) is 6.07 Å². The summed E-state index contributed by atoms with van der Waals surface area (Å²) in [4.78, 5) is 4.35. The van der Waals surface area contributed by atoms with E-state index >= 15 is 0 Å². The lowest BCUT2D eigenvalue weighted by atomic mass is 10.0. The SMILES string of the molecule is Cc1ccc(CC(N)c2ccoc2C)nc1. The lowest BCUT2D eigenvalue weighted by Crippen LogP contribution is -2.14. The summed E-state index contributed by atoms with van der Waals surface area (Å²) in [6.45, 7) is 3.95. The van der Waals surface area contributed by atoms with E-state index in [0.29, 0.717) is 0 Å². The topological polar surface area (TPSA) is 52.0 Å². The highest BCUT2D eigenvalue weighted by Gasteiger charge is 2.12. The summed E-state index contributed by atoms with van der Waals surface area (Å²) in [6, 6.07) is 5.95. The first-order chi connectivity index (χ1) is 7.66. The number of pyridine rings is 1. The van der Waals surface area contributed by atoms with Gasteiger partial charge in [0.05, 0.1) is 6.26 Å². The number of aryl methyl sites for hydroxylation is 2. The van der Waals surface area contributed by atoms with Crippen LogP contribution >= 0.6 is 0 Å². The van der Waals surface area contributed by atoms with Gasteiger partial charge in [-0.25, -0.2) is 0 Å². The van der Waals surface area contributed by atoms with E-state index in [1.807, 2.05) is 32.2 Å². The number of aromatic nitrogens is 1. The van der Waals surface area contributed by atoms with Crippen molar-refractivity contribution in [2.24, 2.45) is 5.73 Å². The van der Waals surface area contributed by atoms with Gasteiger partial charge in [0, 0.05) is 29.9 Å². The second-order valence-corrected chi connectivity index (χ2v) is 4.07. The van der Waals surface area contributed by atoms with Gasteiger partial charge in [-0.3, -0.25) is 4.98 Å². The summed E-state index contributed by atoms with van der Waals surface area (Å²) in [5, 5.41) is 0. The molecule has 0 bridgehead atoms. The minimum absolute atomic E-state index is 0.0473. The minimum atomic E-state index is -0.0473. The van der Waals surface area contributed by atoms with Crippen molar-refractivity contribution in [1.82, 2.24) is 4.98 Å². The number of hydrogen-bond donors (Lipinski definition) is 1. The first-order valence-electron chi connectivity index (χ1n) is 5.38. The van der Waals surface area contributed by atoms with Crippen molar-refractivity contribution in [3.8, 4) is 0 Å². The van der Waals surface area contributed by atoms with Gasteiger partial charge in [0.15, 0.2) is 0 Å². The number of hydrogen-bond acceptors (Lipinski definition) is 3. The normalized spacial score (nSPS) is 12.7. The number of furan rings is 1. The maximum absolute atomic E-state index is 6.11. The molecule has 2 N–H and O–H groups in total. The molecule has 0 fully saturated rings. The Kier molecular flexibility index (Phi) is 3.06. The van der Waals surface area contributed by atoms with Gasteiger partial charge in [-0.2, -0.15) is 0 Å². The molecule has 0 saturated heterocycles. The molecule has 0 radical (unpaired) electrons. The average molecular weight is 216 g/mol. The third-order valence-corrected chi connectivity index (χ3v) is 2.70. The van der Waals surface area contributed by atoms with E-state index in [2.05, 4.69) is 11.1 Å². The van der Waals surface area contributed by atoms with Gasteiger partial charge in [0.25, 0.3) is 0 Å². The van der Waals surface area contributed by atoms with Crippen LogP contribution < -0.4 is 5.73 Å². The first-order valence-corrected chi connectivity index (χ1v) is 5.38. The molecule has 0 aliphatic rings. The lowest BCUT2D eigenvalue weighted by molar-refractivity contribution is 0.523. The molecule has 84 valence electrons. The monoisotopic (exact) mass is 216 g/mol. The largest absolute Gasteiger partial charge is 0.469 e. The number of nitrogens with two attached hydrogens (primary N) is 1. The fourth-order valence-corrected chi connectivity index (χ4v) is 1.73. The van der Waals surface area contributed by atoms with Crippen molar-refractivity contribution in [1.29, 1.82) is 0 Å². The fraction of sp³-hybridized carbons (Fsp3) is 0.308. The highest BCUT2D eigenvalue weighted by molar-refractivity contribution is 5.22. The van der Waals surface area contributed by atoms with Crippen LogP contribution in [0.5, 0.6) is 0 Å². The van der Waals surface area contributed by atoms with E-state index in [0.717, 1.165) is 29.0 Å². The zero-order valence-corrected chi connectivity index (χ0v) is 9.60. The Balaban J connectivity index is 2.10. The molecule has 3 nitrogen and oxygen atoms in total. The zero-order chi connectivity index (χ0) is 11.5. The molecule has 2 aromatic rings. The first kappa shape index (κ1) is 10.9. The Hall–Kier alpha value is -1.61. The highest BCUT2D eigenvalue weighted by atomic mass is 16.3. The van der Waals surface area contributed by atoms with Crippen LogP contribution in [0.25, 0.3) is 0 Å². The van der Waals surface area contributed by atoms with Crippen LogP contribution in [0.2, 0.25) is 0 Å². The zero-order valence-electron chi connectivity index (χ0n) is 9.60. The van der Waals surface area contributed by atoms with Gasteiger partial charge < -0.3 is 10.2 Å². The minimum Gasteiger partial charge on any atom is -0.469 e. The van der Waals surface area contributed by atoms with Gasteiger partial charge in [-0.05, 0) is 31.5 Å². The van der Waals surface area contributed by atoms with E-state index in [1.54, 1.807) is 6.26 Å². The van der Waals surface area contributed by atoms with E-state index < -0.39 is 0 Å². The summed E-state index contributed by atoms with van der Waals surface area (Å²) in [5.74, 6) is 0.889. The molecule has 2 aromatic heterocycles. The molecule has 1 atom stereocenters. The summed E-state index contributed by atoms with van der Waals surface area (Å²) in [6.07, 6.45) is 4.28. The standard InChI is InChI=1S/C13H16N2O/c1-9-3-4-11(15-8-9)7-13(14)12-5-6-16-10(12)2/h3-6,8,13H,7,14H2,1-2H3. The maximum Gasteiger partial charge on any atom is 0.105 e. The van der Waals surface area contributed by atoms with Crippen LogP contribution in [0, 0.1) is 13.8 Å². The summed E-state index contributed by atoms with van der Waals surface area (Å²) in [7, 11) is 0. The van der Waals surface area contributed by atoms with Crippen LogP contribution in [0.1, 0.15) is 28.6 Å². The van der Waals surface area contributed by atoms with Crippen LogP contribution in [0.15, 0.2) is 35.1 Å². The quantitative estimate of drug-likeness (QED) is 0.857. The third-order valence-electron chi connectivity index (χ3n) is 2.70. The summed E-state index contributed by atoms with van der Waals surface area (Å²) < 4.78 is 5.24. The molecule has 0 spiro atoms. The van der Waals surface area contributed by atoms with E-state index in [4.69, 9.17) is 10.2 Å². The van der Waals surface area contributed by atoms with Crippen molar-refractivity contribution in [2.45, 2.75) is 26.3 Å². The number of nitrogens with zero attached hydrogens (tertiary/aromatic N) is 1. The van der Waals surface area contributed by atoms with Crippen molar-refractivity contribution in [3.63, 3.8) is 0 Å². The van der Waals surface area contributed by atoms with E-state index in [-0.39, 0.29) is 6.04 Å². The van der Waals surface area contributed by atoms with Crippen LogP contribution in [-0.4, -0.2) is 4.98 Å². The molecule has 2 rings (SSSR count). The molecule has 0 saturated carbocycles. The Labute approximate surface area is 95.3 Å². The molecule has 0 aliphatic heterocycles. The molecule has 16 heavy (non-hydrogen) atoms. The molecule has 1 unspecified atom stereocenters. The van der Waals surface area contributed by atoms with Crippen LogP contribution in [-0.2, 0) is 6.42 Å². The van der Waals surface area contributed by atoms with Gasteiger partial charge >= 0.3 is 0 Å². The van der Waals surface area contributed by atoms with Crippen molar-refractivity contribution >= 4 is 0 Å². The number of rotatable bonds is 3. The van der Waals surface area contributed by atoms with Crippen LogP contribution in [0.3, 0.4) is 0 Å². The molecule has 2 heterocycles. The van der Waals surface area contributed by atoms with Crippen molar-refractivity contribution in [2.75, 3.05) is 0 Å². The van der Waals surface area contributed by atoms with E-state index in [1.165, 1.54) is 0 Å². The Morgan fingerprint density at radius 2 is 2.12 bits per heavy atom. The second kappa shape index (κ2) is 4.49. The Bertz CT molecular complexity index is 459. The summed E-state index contributed by atoms with van der Waals surface area (Å²) in [5.41, 5.74) is 9.34. The second-order valence-electron chi connectivity index (χ2n) is 4.07. The maximum atomic E-state index is 6.11. The average Bonchev–Trinajstić information content (AvgIpc) is 2.68. The molecule has 0 amide bonds. The van der Waals surface area contributed by atoms with E-state index in [9.17, 15) is 0 Å². The lowest BCUT2D eigenvalue weighted by Gasteiger charge is -2.10. The smallest absolute Gasteiger partial charge is 0.105 e. The van der Waals surface area contributed by atoms with Gasteiger partial charge in [0.2, 0.25) is 0 Å². The molecule has 3 heteroatoms. The van der Waals surface area contributed by atoms with Crippen molar-refractivity contribution < 1.29 is 4.42 Å². The predicted molar refractivity (Wildman–Crippen MR) is 63.1 cm³/mol. The third kappa shape index (κ3) is 2.31. The van der Waals surface area contributed by atoms with Gasteiger partial charge in [-0.15, -0.1) is 0 Å². The van der Waals surface area contributed by atoms with Crippen LogP contribution in [0.4, 0.5) is 0 Å². The van der Waals surface area contributed by atoms with Crippen molar-refractivity contribution in [3.05, 3.63) is 53.2 Å². The molecule has 0 aliphatic carbocycles. The fourth-order valence-electron chi connectivity index (χ4n) is 1.73. The summed E-state index contributed by atoms with van der Waals surface area (Å²) >= 11 is 0. The highest BCUT2D eigenvalue weighted by Crippen LogP contribution is 2.19. The molecular formula is C13H16N2O. The predicted octanol–water partition coefficient (Wildman–Crippen LogP) is 2.53. The Morgan fingerprint density at radius 3 is 2.69 bits per heavy atom. The van der Waals surface area contributed by atoms with Gasteiger partial charge in [0.1, 0.15) is 5.76 Å². The Morgan fingerprint density at radius 1 is 1.31 bits per heavy atom.